The Bertz CT molecular complexity index is 404. The van der Waals surface area contributed by atoms with E-state index in [1.54, 1.807) is 17.8 Å². The van der Waals surface area contributed by atoms with Crippen LogP contribution in [0.2, 0.25) is 5.02 Å². The summed E-state index contributed by atoms with van der Waals surface area (Å²) in [6.45, 7) is 2.53. The van der Waals surface area contributed by atoms with Crippen molar-refractivity contribution < 1.29 is 9.53 Å². The lowest BCUT2D eigenvalue weighted by Gasteiger charge is -2.18. The van der Waals surface area contributed by atoms with Gasteiger partial charge >= 0.3 is 0 Å². The molecule has 0 fully saturated rings. The molecule has 2 rings (SSSR count). The summed E-state index contributed by atoms with van der Waals surface area (Å²) in [6, 6.07) is 3.56. The van der Waals surface area contributed by atoms with Crippen LogP contribution >= 0.6 is 23.4 Å². The van der Waals surface area contributed by atoms with Crippen molar-refractivity contribution >= 4 is 29.1 Å². The summed E-state index contributed by atoms with van der Waals surface area (Å²) in [5.41, 5.74) is 0.638. The average Bonchev–Trinajstić information content (AvgIpc) is 2.22. The molecule has 2 nitrogen and oxygen atoms in total. The monoisotopic (exact) mass is 242 g/mol. The number of carbonyl (C=O) groups is 1. The lowest BCUT2D eigenvalue weighted by Crippen LogP contribution is -2.10. The zero-order chi connectivity index (χ0) is 10.8. The van der Waals surface area contributed by atoms with Gasteiger partial charge in [0.05, 0.1) is 22.1 Å². The minimum atomic E-state index is 0.121. The summed E-state index contributed by atoms with van der Waals surface area (Å²) >= 11 is 7.66. The summed E-state index contributed by atoms with van der Waals surface area (Å²) in [6.07, 6.45) is 0.562. The molecule has 1 heterocycles. The van der Waals surface area contributed by atoms with Crippen molar-refractivity contribution in [3.63, 3.8) is 0 Å². The highest BCUT2D eigenvalue weighted by atomic mass is 35.5. The molecular formula is C11H11ClO2S. The number of hydrogen-bond acceptors (Lipinski definition) is 3. The first-order valence-corrected chi connectivity index (χ1v) is 6.21. The van der Waals surface area contributed by atoms with Crippen LogP contribution in [0, 0.1) is 0 Å². The summed E-state index contributed by atoms with van der Waals surface area (Å²) in [7, 11) is 0. The first-order valence-electron chi connectivity index (χ1n) is 4.85. The van der Waals surface area contributed by atoms with E-state index in [4.69, 9.17) is 16.3 Å². The van der Waals surface area contributed by atoms with Crippen molar-refractivity contribution in [3.05, 3.63) is 22.7 Å². The van der Waals surface area contributed by atoms with E-state index in [0.29, 0.717) is 23.6 Å². The van der Waals surface area contributed by atoms with Crippen LogP contribution < -0.4 is 4.74 Å². The van der Waals surface area contributed by atoms with Crippen molar-refractivity contribution in [1.82, 2.24) is 0 Å². The molecule has 4 heteroatoms. The molecule has 0 bridgehead atoms. The zero-order valence-electron chi connectivity index (χ0n) is 8.38. The van der Waals surface area contributed by atoms with Gasteiger partial charge in [0.25, 0.3) is 0 Å². The molecule has 0 spiro atoms. The van der Waals surface area contributed by atoms with Crippen molar-refractivity contribution in [2.24, 2.45) is 0 Å². The second-order valence-electron chi connectivity index (χ2n) is 3.20. The normalized spacial score (nSPS) is 14.9. The van der Waals surface area contributed by atoms with E-state index in [0.717, 1.165) is 16.4 Å². The smallest absolute Gasteiger partial charge is 0.166 e. The zero-order valence-corrected chi connectivity index (χ0v) is 9.95. The van der Waals surface area contributed by atoms with Crippen molar-refractivity contribution in [2.45, 2.75) is 18.2 Å². The van der Waals surface area contributed by atoms with E-state index in [9.17, 15) is 4.79 Å². The van der Waals surface area contributed by atoms with E-state index in [1.807, 2.05) is 13.0 Å². The standard InChI is InChI=1S/C11H11ClO2S/c1-2-14-9-4-3-7(12)10-8(13)5-6-15-11(9)10/h3-4H,2,5-6H2,1H3. The number of ether oxygens (including phenoxy) is 1. The molecule has 0 saturated heterocycles. The van der Waals surface area contributed by atoms with Gasteiger partial charge in [-0.1, -0.05) is 11.6 Å². The lowest BCUT2D eigenvalue weighted by molar-refractivity contribution is 0.0984. The first kappa shape index (κ1) is 10.8. The molecule has 0 amide bonds. The number of halogens is 1. The summed E-state index contributed by atoms with van der Waals surface area (Å²) < 4.78 is 5.48. The van der Waals surface area contributed by atoms with Gasteiger partial charge in [-0.05, 0) is 19.1 Å². The van der Waals surface area contributed by atoms with Crippen LogP contribution in [0.4, 0.5) is 0 Å². The topological polar surface area (TPSA) is 26.3 Å². The van der Waals surface area contributed by atoms with Crippen LogP contribution in [0.5, 0.6) is 5.75 Å². The highest BCUT2D eigenvalue weighted by molar-refractivity contribution is 7.99. The Balaban J connectivity index is 2.53. The van der Waals surface area contributed by atoms with Crippen LogP contribution in [0.15, 0.2) is 17.0 Å². The van der Waals surface area contributed by atoms with Crippen LogP contribution in [-0.4, -0.2) is 18.1 Å². The minimum absolute atomic E-state index is 0.121. The molecule has 0 aliphatic carbocycles. The van der Waals surface area contributed by atoms with E-state index in [1.165, 1.54) is 0 Å². The fraction of sp³-hybridized carbons (Fsp3) is 0.364. The lowest BCUT2D eigenvalue weighted by atomic mass is 10.1. The van der Waals surface area contributed by atoms with Gasteiger partial charge in [-0.2, -0.15) is 0 Å². The fourth-order valence-corrected chi connectivity index (χ4v) is 3.03. The van der Waals surface area contributed by atoms with Crippen molar-refractivity contribution in [3.8, 4) is 5.75 Å². The Morgan fingerprint density at radius 1 is 1.53 bits per heavy atom. The molecule has 0 atom stereocenters. The molecular weight excluding hydrogens is 232 g/mol. The number of benzene rings is 1. The molecule has 1 aliphatic heterocycles. The van der Waals surface area contributed by atoms with E-state index < -0.39 is 0 Å². The maximum Gasteiger partial charge on any atom is 0.166 e. The number of fused-ring (bicyclic) bond motifs is 1. The predicted octanol–water partition coefficient (Wildman–Crippen LogP) is 3.42. The number of rotatable bonds is 2. The number of Topliss-reactive ketones (excluding diaryl/α,β-unsaturated/α-hetero) is 1. The predicted molar refractivity (Wildman–Crippen MR) is 62.3 cm³/mol. The van der Waals surface area contributed by atoms with E-state index >= 15 is 0 Å². The Labute approximate surface area is 98.0 Å². The van der Waals surface area contributed by atoms with Gasteiger partial charge in [-0.15, -0.1) is 11.8 Å². The summed E-state index contributed by atoms with van der Waals surface area (Å²) in [5.74, 6) is 1.71. The Morgan fingerprint density at radius 3 is 3.07 bits per heavy atom. The quantitative estimate of drug-likeness (QED) is 0.795. The second-order valence-corrected chi connectivity index (χ2v) is 4.72. The number of hydrogen-bond donors (Lipinski definition) is 0. The molecule has 1 aromatic rings. The maximum absolute atomic E-state index is 11.7. The van der Waals surface area contributed by atoms with Gasteiger partial charge < -0.3 is 4.74 Å². The molecule has 15 heavy (non-hydrogen) atoms. The summed E-state index contributed by atoms with van der Waals surface area (Å²) in [5, 5.41) is 0.533. The first-order chi connectivity index (χ1) is 7.24. The van der Waals surface area contributed by atoms with E-state index in [2.05, 4.69) is 0 Å². The Hall–Kier alpha value is -0.670. The molecule has 0 saturated carbocycles. The second kappa shape index (κ2) is 4.45. The largest absolute Gasteiger partial charge is 0.493 e. The minimum Gasteiger partial charge on any atom is -0.493 e. The van der Waals surface area contributed by atoms with Crippen molar-refractivity contribution in [2.75, 3.05) is 12.4 Å². The molecule has 80 valence electrons. The number of ketones is 1. The van der Waals surface area contributed by atoms with Gasteiger partial charge in [0, 0.05) is 12.2 Å². The third kappa shape index (κ3) is 1.99. The third-order valence-electron chi connectivity index (χ3n) is 2.22. The average molecular weight is 243 g/mol. The van der Waals surface area contributed by atoms with Crippen molar-refractivity contribution in [1.29, 1.82) is 0 Å². The van der Waals surface area contributed by atoms with Crippen LogP contribution in [0.25, 0.3) is 0 Å². The summed E-state index contributed by atoms with van der Waals surface area (Å²) in [4.78, 5) is 12.6. The van der Waals surface area contributed by atoms with Crippen LogP contribution in [-0.2, 0) is 0 Å². The highest BCUT2D eigenvalue weighted by Crippen LogP contribution is 2.40. The SMILES string of the molecule is CCOc1ccc(Cl)c2c1SCCC2=O. The van der Waals surface area contributed by atoms with Gasteiger partial charge in [-0.25, -0.2) is 0 Å². The van der Waals surface area contributed by atoms with Gasteiger partial charge in [0.15, 0.2) is 5.78 Å². The van der Waals surface area contributed by atoms with Gasteiger partial charge in [0.2, 0.25) is 0 Å². The van der Waals surface area contributed by atoms with Gasteiger partial charge in [0.1, 0.15) is 5.75 Å². The number of carbonyl (C=O) groups excluding carboxylic acids is 1. The molecule has 1 aromatic carbocycles. The molecule has 1 aliphatic rings. The molecule has 0 aromatic heterocycles. The Morgan fingerprint density at radius 2 is 2.33 bits per heavy atom. The van der Waals surface area contributed by atoms with Crippen LogP contribution in [0.3, 0.4) is 0 Å². The fourth-order valence-electron chi connectivity index (χ4n) is 1.58. The molecule has 0 N–H and O–H groups in total. The third-order valence-corrected chi connectivity index (χ3v) is 3.64. The maximum atomic E-state index is 11.7. The van der Waals surface area contributed by atoms with Crippen LogP contribution in [0.1, 0.15) is 23.7 Å². The molecule has 0 radical (unpaired) electrons. The molecule has 0 unspecified atom stereocenters. The number of thioether (sulfide) groups is 1. The highest BCUT2D eigenvalue weighted by Gasteiger charge is 2.24. The van der Waals surface area contributed by atoms with E-state index in [-0.39, 0.29) is 5.78 Å². The van der Waals surface area contributed by atoms with Gasteiger partial charge in [-0.3, -0.25) is 4.79 Å². The Kier molecular flexibility index (Phi) is 3.22.